The lowest BCUT2D eigenvalue weighted by molar-refractivity contribution is -0.138. The van der Waals surface area contributed by atoms with Gasteiger partial charge in [0.15, 0.2) is 0 Å². The van der Waals surface area contributed by atoms with E-state index in [0.717, 1.165) is 51.3 Å². The highest BCUT2D eigenvalue weighted by molar-refractivity contribution is 7.19. The highest BCUT2D eigenvalue weighted by atomic mass is 35.5. The molecule has 0 saturated carbocycles. The van der Waals surface area contributed by atoms with Gasteiger partial charge < -0.3 is 10.1 Å². The number of nitrogens with zero attached hydrogens (tertiary/aromatic N) is 2. The first-order valence-corrected chi connectivity index (χ1v) is 12.0. The van der Waals surface area contributed by atoms with Crippen LogP contribution in [0.5, 0.6) is 0 Å². The number of nitrogens with one attached hydrogen (secondary N) is 1. The van der Waals surface area contributed by atoms with Crippen molar-refractivity contribution in [2.24, 2.45) is 0 Å². The second-order valence-corrected chi connectivity index (χ2v) is 9.88. The van der Waals surface area contributed by atoms with Crippen molar-refractivity contribution >= 4 is 45.0 Å². The maximum absolute atomic E-state index is 12.1. The summed E-state index contributed by atoms with van der Waals surface area (Å²) in [6, 6.07) is 8.01. The lowest BCUT2D eigenvalue weighted by Crippen LogP contribution is -2.39. The van der Waals surface area contributed by atoms with Gasteiger partial charge in [0.05, 0.1) is 29.5 Å². The van der Waals surface area contributed by atoms with Crippen LogP contribution in [0.25, 0.3) is 21.3 Å². The Morgan fingerprint density at radius 3 is 2.78 bits per heavy atom. The molecule has 166 valence electrons. The van der Waals surface area contributed by atoms with E-state index in [-0.39, 0.29) is 17.9 Å². The van der Waals surface area contributed by atoms with Gasteiger partial charge in [0.1, 0.15) is 0 Å². The van der Waals surface area contributed by atoms with Gasteiger partial charge in [0.2, 0.25) is 11.8 Å². The third-order valence-electron chi connectivity index (χ3n) is 6.10. The molecule has 5 rings (SSSR count). The fourth-order valence-electron chi connectivity index (χ4n) is 4.50. The van der Waals surface area contributed by atoms with Gasteiger partial charge in [-0.1, -0.05) is 11.6 Å². The first kappa shape index (κ1) is 21.5. The molecule has 1 N–H and O–H groups in total. The highest BCUT2D eigenvalue weighted by Gasteiger charge is 2.29. The minimum Gasteiger partial charge on any atom is -0.375 e. The summed E-state index contributed by atoms with van der Waals surface area (Å²) < 4.78 is 7.00. The number of halogens is 1. The summed E-state index contributed by atoms with van der Waals surface area (Å²) in [5.41, 5.74) is 5.36. The number of fused-ring (bicyclic) bond motifs is 1. The number of likely N-dealkylation sites (tertiary alicyclic amines) is 1. The molecule has 0 spiro atoms. The van der Waals surface area contributed by atoms with Crippen molar-refractivity contribution in [3.8, 4) is 11.1 Å². The van der Waals surface area contributed by atoms with E-state index >= 15 is 0 Å². The number of carbonyl (C=O) groups is 2. The summed E-state index contributed by atoms with van der Waals surface area (Å²) in [5.74, 6) is -0.205. The number of thiophene rings is 1. The number of benzene rings is 1. The zero-order valence-corrected chi connectivity index (χ0v) is 19.4. The number of morpholine rings is 1. The Labute approximate surface area is 195 Å². The van der Waals surface area contributed by atoms with Gasteiger partial charge in [-0.2, -0.15) is 0 Å². The lowest BCUT2D eigenvalue weighted by Gasteiger charge is -2.25. The predicted molar refractivity (Wildman–Crippen MR) is 126 cm³/mol. The van der Waals surface area contributed by atoms with Crippen molar-refractivity contribution in [2.45, 2.75) is 38.8 Å². The molecule has 8 heteroatoms. The van der Waals surface area contributed by atoms with Gasteiger partial charge in [-0.15, -0.1) is 11.3 Å². The standard InChI is InChI=1S/C24H24ClN3O3S/c1-14-8-15(25)9-20(19(14)10-16-12-26-6-7-31-16)18-4-5-27-21-11-17(32-24(18)21)13-28-22(29)2-3-23(28)30/h4-5,8-9,11,16,26H,2-3,6-7,10,12-13H2,1H3. The fraction of sp³-hybridized carbons (Fsp3) is 0.375. The molecule has 2 aromatic heterocycles. The Morgan fingerprint density at radius 1 is 1.22 bits per heavy atom. The van der Waals surface area contributed by atoms with Crippen LogP contribution in [-0.4, -0.2) is 47.5 Å². The van der Waals surface area contributed by atoms with Crippen LogP contribution >= 0.6 is 22.9 Å². The normalized spacial score (nSPS) is 19.3. The molecule has 2 aliphatic heterocycles. The molecule has 2 saturated heterocycles. The maximum Gasteiger partial charge on any atom is 0.230 e. The molecule has 1 unspecified atom stereocenters. The molecular formula is C24H24ClN3O3S. The number of rotatable bonds is 5. The molecule has 4 heterocycles. The van der Waals surface area contributed by atoms with Crippen LogP contribution < -0.4 is 5.32 Å². The quantitative estimate of drug-likeness (QED) is 0.569. The largest absolute Gasteiger partial charge is 0.375 e. The number of imide groups is 1. The van der Waals surface area contributed by atoms with Crippen molar-refractivity contribution in [1.29, 1.82) is 0 Å². The summed E-state index contributed by atoms with van der Waals surface area (Å²) >= 11 is 8.06. The van der Waals surface area contributed by atoms with Crippen molar-refractivity contribution in [1.82, 2.24) is 15.2 Å². The summed E-state index contributed by atoms with van der Waals surface area (Å²) in [4.78, 5) is 31.0. The second kappa shape index (κ2) is 8.90. The smallest absolute Gasteiger partial charge is 0.230 e. The van der Waals surface area contributed by atoms with Crippen LogP contribution in [0.1, 0.15) is 28.8 Å². The third kappa shape index (κ3) is 4.18. The van der Waals surface area contributed by atoms with Crippen molar-refractivity contribution in [2.75, 3.05) is 19.7 Å². The first-order chi connectivity index (χ1) is 15.5. The Kier molecular flexibility index (Phi) is 5.99. The van der Waals surface area contributed by atoms with E-state index in [4.69, 9.17) is 16.3 Å². The van der Waals surface area contributed by atoms with Crippen LogP contribution in [0.3, 0.4) is 0 Å². The molecule has 32 heavy (non-hydrogen) atoms. The van der Waals surface area contributed by atoms with Gasteiger partial charge >= 0.3 is 0 Å². The van der Waals surface area contributed by atoms with E-state index in [1.807, 2.05) is 24.3 Å². The monoisotopic (exact) mass is 469 g/mol. The molecular weight excluding hydrogens is 446 g/mol. The molecule has 0 bridgehead atoms. The fourth-order valence-corrected chi connectivity index (χ4v) is 5.90. The van der Waals surface area contributed by atoms with Crippen LogP contribution in [0.2, 0.25) is 5.02 Å². The Bertz CT molecular complexity index is 1190. The number of aromatic nitrogens is 1. The van der Waals surface area contributed by atoms with Gasteiger partial charge in [0, 0.05) is 54.0 Å². The molecule has 3 aromatic rings. The highest BCUT2D eigenvalue weighted by Crippen LogP contribution is 2.39. The second-order valence-electron chi connectivity index (χ2n) is 8.31. The Balaban J connectivity index is 1.55. The topological polar surface area (TPSA) is 71.5 Å². The van der Waals surface area contributed by atoms with E-state index in [2.05, 4.69) is 17.2 Å². The number of hydrogen-bond donors (Lipinski definition) is 1. The zero-order chi connectivity index (χ0) is 22.2. The van der Waals surface area contributed by atoms with Crippen molar-refractivity contribution in [3.05, 3.63) is 51.5 Å². The summed E-state index contributed by atoms with van der Waals surface area (Å²) in [6.07, 6.45) is 3.32. The van der Waals surface area contributed by atoms with Crippen molar-refractivity contribution < 1.29 is 14.3 Å². The van der Waals surface area contributed by atoms with Crippen LogP contribution in [0.15, 0.2) is 30.5 Å². The average molecular weight is 470 g/mol. The zero-order valence-electron chi connectivity index (χ0n) is 17.8. The lowest BCUT2D eigenvalue weighted by atomic mass is 9.92. The number of ether oxygens (including phenoxy) is 1. The minimum atomic E-state index is -0.102. The molecule has 2 aliphatic rings. The number of hydrogen-bond acceptors (Lipinski definition) is 6. The predicted octanol–water partition coefficient (Wildman–Crippen LogP) is 4.11. The molecule has 2 fully saturated rings. The molecule has 1 atom stereocenters. The SMILES string of the molecule is Cc1cc(Cl)cc(-c2ccnc3cc(CN4C(=O)CCC4=O)sc23)c1CC1CNCCO1. The van der Waals surface area contributed by atoms with E-state index in [9.17, 15) is 9.59 Å². The molecule has 1 aromatic carbocycles. The molecule has 0 radical (unpaired) electrons. The third-order valence-corrected chi connectivity index (χ3v) is 7.46. The van der Waals surface area contributed by atoms with Gasteiger partial charge in [0.25, 0.3) is 0 Å². The number of aryl methyl sites for hydroxylation is 1. The summed E-state index contributed by atoms with van der Waals surface area (Å²) in [6.45, 7) is 4.82. The summed E-state index contributed by atoms with van der Waals surface area (Å²) in [5, 5.41) is 4.09. The van der Waals surface area contributed by atoms with E-state index in [0.29, 0.717) is 31.0 Å². The molecule has 6 nitrogen and oxygen atoms in total. The molecule has 0 aliphatic carbocycles. The van der Waals surface area contributed by atoms with Crippen molar-refractivity contribution in [3.63, 3.8) is 0 Å². The number of pyridine rings is 1. The number of amides is 2. The maximum atomic E-state index is 12.1. The van der Waals surface area contributed by atoms with Gasteiger partial charge in [-0.05, 0) is 47.9 Å². The average Bonchev–Trinajstić information content (AvgIpc) is 3.34. The van der Waals surface area contributed by atoms with Crippen LogP contribution in [-0.2, 0) is 27.3 Å². The van der Waals surface area contributed by atoms with E-state index in [1.54, 1.807) is 17.5 Å². The van der Waals surface area contributed by atoms with E-state index < -0.39 is 0 Å². The Hall–Kier alpha value is -2.32. The Morgan fingerprint density at radius 2 is 2.03 bits per heavy atom. The van der Waals surface area contributed by atoms with Gasteiger partial charge in [-0.25, -0.2) is 0 Å². The molecule has 2 amide bonds. The first-order valence-electron chi connectivity index (χ1n) is 10.8. The van der Waals surface area contributed by atoms with Gasteiger partial charge in [-0.3, -0.25) is 19.5 Å². The van der Waals surface area contributed by atoms with E-state index in [1.165, 1.54) is 10.5 Å². The minimum absolute atomic E-state index is 0.102. The van der Waals surface area contributed by atoms with Crippen LogP contribution in [0.4, 0.5) is 0 Å². The van der Waals surface area contributed by atoms with Crippen LogP contribution in [0, 0.1) is 6.92 Å². The number of carbonyl (C=O) groups excluding carboxylic acids is 2. The summed E-state index contributed by atoms with van der Waals surface area (Å²) in [7, 11) is 0.